The zero-order chi connectivity index (χ0) is 18.4. The second-order valence-corrected chi connectivity index (χ2v) is 7.25. The molecule has 2 aliphatic rings. The van der Waals surface area contributed by atoms with Crippen molar-refractivity contribution in [1.82, 2.24) is 29.8 Å². The Bertz CT molecular complexity index is 1020. The van der Waals surface area contributed by atoms with Crippen LogP contribution in [0.2, 0.25) is 0 Å². The van der Waals surface area contributed by atoms with E-state index in [9.17, 15) is 9.59 Å². The lowest BCUT2D eigenvalue weighted by atomic mass is 10.1. The van der Waals surface area contributed by atoms with Crippen molar-refractivity contribution in [3.05, 3.63) is 47.9 Å². The highest BCUT2D eigenvalue weighted by Crippen LogP contribution is 2.24. The van der Waals surface area contributed by atoms with Gasteiger partial charge in [0.2, 0.25) is 5.91 Å². The second-order valence-electron chi connectivity index (χ2n) is 7.25. The Kier molecular flexibility index (Phi) is 3.70. The van der Waals surface area contributed by atoms with Crippen LogP contribution in [0, 0.1) is 0 Å². The number of fused-ring (bicyclic) bond motifs is 1. The Balaban J connectivity index is 1.21. The van der Waals surface area contributed by atoms with Gasteiger partial charge in [0.05, 0.1) is 18.8 Å². The molecule has 2 aromatic heterocycles. The summed E-state index contributed by atoms with van der Waals surface area (Å²) in [5.41, 5.74) is 2.46. The third-order valence-electron chi connectivity index (χ3n) is 5.41. The number of likely N-dealkylation sites (tertiary alicyclic amines) is 2. The molecule has 3 aromatic rings. The molecular weight excluding hydrogens is 344 g/mol. The first kappa shape index (κ1) is 16.0. The maximum Gasteiger partial charge on any atom is 0.254 e. The summed E-state index contributed by atoms with van der Waals surface area (Å²) in [6.07, 6.45) is 5.31. The highest BCUT2D eigenvalue weighted by atomic mass is 16.2. The number of hydrogen-bond donors (Lipinski definition) is 1. The van der Waals surface area contributed by atoms with Crippen molar-refractivity contribution in [3.8, 4) is 0 Å². The van der Waals surface area contributed by atoms with Crippen LogP contribution in [0.4, 0.5) is 0 Å². The van der Waals surface area contributed by atoms with E-state index in [-0.39, 0.29) is 17.9 Å². The lowest BCUT2D eigenvalue weighted by molar-refractivity contribution is -0.128. The van der Waals surface area contributed by atoms with E-state index in [0.29, 0.717) is 31.6 Å². The predicted octanol–water partition coefficient (Wildman–Crippen LogP) is 1.58. The number of carbonyl (C=O) groups excluding carboxylic acids is 2. The third kappa shape index (κ3) is 2.87. The van der Waals surface area contributed by atoms with E-state index < -0.39 is 0 Å². The van der Waals surface area contributed by atoms with Gasteiger partial charge >= 0.3 is 0 Å². The van der Waals surface area contributed by atoms with Gasteiger partial charge in [0.1, 0.15) is 5.69 Å². The molecule has 0 bridgehead atoms. The van der Waals surface area contributed by atoms with Crippen LogP contribution in [0.5, 0.6) is 0 Å². The number of benzene rings is 1. The number of H-pyrrole nitrogens is 1. The van der Waals surface area contributed by atoms with Crippen molar-refractivity contribution >= 4 is 22.7 Å². The summed E-state index contributed by atoms with van der Waals surface area (Å²) in [4.78, 5) is 31.2. The molecule has 8 nitrogen and oxygen atoms in total. The van der Waals surface area contributed by atoms with E-state index >= 15 is 0 Å². The maximum absolute atomic E-state index is 12.7. The average Bonchev–Trinajstić information content (AvgIpc) is 3.35. The number of carbonyl (C=O) groups is 2. The number of hydrogen-bond acceptors (Lipinski definition) is 4. The van der Waals surface area contributed by atoms with Gasteiger partial charge in [0.25, 0.3) is 5.91 Å². The Labute approximate surface area is 155 Å². The molecule has 2 fully saturated rings. The summed E-state index contributed by atoms with van der Waals surface area (Å²) in [6, 6.07) is 7.85. The van der Waals surface area contributed by atoms with Crippen molar-refractivity contribution in [2.75, 3.05) is 19.6 Å². The molecule has 2 amide bonds. The van der Waals surface area contributed by atoms with Gasteiger partial charge in [0.15, 0.2) is 0 Å². The van der Waals surface area contributed by atoms with Crippen molar-refractivity contribution in [2.45, 2.75) is 25.4 Å². The normalized spacial score (nSPS) is 17.7. The fourth-order valence-electron chi connectivity index (χ4n) is 3.78. The van der Waals surface area contributed by atoms with Gasteiger partial charge in [-0.25, -0.2) is 4.68 Å². The molecule has 0 spiro atoms. The van der Waals surface area contributed by atoms with E-state index in [4.69, 9.17) is 0 Å². The molecule has 1 aromatic carbocycles. The first-order chi connectivity index (χ1) is 13.2. The van der Waals surface area contributed by atoms with Crippen LogP contribution in [0.1, 0.15) is 34.9 Å². The van der Waals surface area contributed by atoms with Crippen LogP contribution in [0.3, 0.4) is 0 Å². The summed E-state index contributed by atoms with van der Waals surface area (Å²) in [5.74, 6) is 0.217. The minimum Gasteiger partial charge on any atom is -0.361 e. The quantitative estimate of drug-likeness (QED) is 0.761. The van der Waals surface area contributed by atoms with Crippen LogP contribution in [0.15, 0.2) is 36.7 Å². The van der Waals surface area contributed by atoms with Gasteiger partial charge in [-0.3, -0.25) is 9.59 Å². The molecule has 8 heteroatoms. The fourth-order valence-corrected chi connectivity index (χ4v) is 3.78. The highest BCUT2D eigenvalue weighted by molar-refractivity contribution is 5.98. The minimum absolute atomic E-state index is 0.0331. The average molecular weight is 364 g/mol. The Morgan fingerprint density at radius 1 is 1.26 bits per heavy atom. The van der Waals surface area contributed by atoms with E-state index in [1.807, 2.05) is 51.1 Å². The number of aromatic amines is 1. The van der Waals surface area contributed by atoms with Crippen molar-refractivity contribution in [1.29, 1.82) is 0 Å². The van der Waals surface area contributed by atoms with Gasteiger partial charge in [-0.05, 0) is 30.0 Å². The number of nitrogens with one attached hydrogen (secondary N) is 1. The van der Waals surface area contributed by atoms with Crippen molar-refractivity contribution < 1.29 is 9.59 Å². The monoisotopic (exact) mass is 364 g/mol. The van der Waals surface area contributed by atoms with Gasteiger partial charge in [0, 0.05) is 43.3 Å². The van der Waals surface area contributed by atoms with E-state index in [0.717, 1.165) is 29.6 Å². The van der Waals surface area contributed by atoms with Gasteiger partial charge < -0.3 is 14.8 Å². The van der Waals surface area contributed by atoms with Crippen LogP contribution in [-0.4, -0.2) is 61.2 Å². The van der Waals surface area contributed by atoms with Gasteiger partial charge in [-0.2, -0.15) is 0 Å². The van der Waals surface area contributed by atoms with Gasteiger partial charge in [-0.1, -0.05) is 11.3 Å². The summed E-state index contributed by atoms with van der Waals surface area (Å²) in [6.45, 7) is 2.55. The predicted molar refractivity (Wildman–Crippen MR) is 97.9 cm³/mol. The lowest BCUT2D eigenvalue weighted by Gasteiger charge is -2.38. The summed E-state index contributed by atoms with van der Waals surface area (Å²) < 4.78 is 1.81. The van der Waals surface area contributed by atoms with Crippen molar-refractivity contribution in [3.63, 3.8) is 0 Å². The molecule has 4 heterocycles. The van der Waals surface area contributed by atoms with Crippen LogP contribution >= 0.6 is 0 Å². The summed E-state index contributed by atoms with van der Waals surface area (Å²) >= 11 is 0. The Morgan fingerprint density at radius 3 is 2.96 bits per heavy atom. The minimum atomic E-state index is 0.0331. The molecule has 27 heavy (non-hydrogen) atoms. The van der Waals surface area contributed by atoms with Gasteiger partial charge in [-0.15, -0.1) is 5.10 Å². The maximum atomic E-state index is 12.7. The Hall–Kier alpha value is -3.16. The second kappa shape index (κ2) is 6.22. The largest absolute Gasteiger partial charge is 0.361 e. The third-order valence-corrected chi connectivity index (χ3v) is 5.41. The number of aromatic nitrogens is 4. The molecule has 2 aliphatic heterocycles. The molecule has 0 atom stereocenters. The van der Waals surface area contributed by atoms with E-state index in [1.165, 1.54) is 0 Å². The first-order valence-corrected chi connectivity index (χ1v) is 9.22. The topological polar surface area (TPSA) is 87.1 Å². The van der Waals surface area contributed by atoms with E-state index in [1.54, 1.807) is 0 Å². The zero-order valence-corrected chi connectivity index (χ0v) is 14.8. The number of amides is 2. The summed E-state index contributed by atoms with van der Waals surface area (Å²) in [7, 11) is 0. The van der Waals surface area contributed by atoms with E-state index in [2.05, 4.69) is 15.3 Å². The Morgan fingerprint density at radius 2 is 2.15 bits per heavy atom. The van der Waals surface area contributed by atoms with Crippen LogP contribution in [-0.2, 0) is 11.3 Å². The van der Waals surface area contributed by atoms with Crippen LogP contribution < -0.4 is 0 Å². The molecule has 0 unspecified atom stereocenters. The van der Waals surface area contributed by atoms with Crippen LogP contribution in [0.25, 0.3) is 10.9 Å². The summed E-state index contributed by atoms with van der Waals surface area (Å²) in [5, 5.41) is 9.47. The smallest absolute Gasteiger partial charge is 0.254 e. The SMILES string of the molecule is O=C1CCCN1Cc1cn(C2CN(C(=O)c3ccc4cc[nH]c4c3)C2)nn1. The number of nitrogens with zero attached hydrogens (tertiary/aromatic N) is 5. The molecule has 0 aliphatic carbocycles. The molecule has 1 N–H and O–H groups in total. The zero-order valence-electron chi connectivity index (χ0n) is 14.8. The first-order valence-electron chi connectivity index (χ1n) is 9.22. The molecule has 138 valence electrons. The molecule has 5 rings (SSSR count). The molecule has 2 saturated heterocycles. The standard InChI is InChI=1S/C19H20N6O2/c26-18-2-1-7-23(18)9-15-10-25(22-21-15)16-11-24(12-16)19(27)14-4-3-13-5-6-20-17(13)8-14/h3-6,8,10,16,20H,1-2,7,9,11-12H2. The highest BCUT2D eigenvalue weighted by Gasteiger charge is 2.33. The fraction of sp³-hybridized carbons (Fsp3) is 0.368. The number of rotatable bonds is 4. The molecule has 0 saturated carbocycles. The van der Waals surface area contributed by atoms with Crippen molar-refractivity contribution in [2.24, 2.45) is 0 Å². The molecule has 0 radical (unpaired) electrons. The lowest BCUT2D eigenvalue weighted by Crippen LogP contribution is -2.50. The molecular formula is C19H20N6O2.